The number of hydrogen-bond donors (Lipinski definition) is 1. The first-order valence-electron chi connectivity index (χ1n) is 9.12. The van der Waals surface area contributed by atoms with Crippen molar-refractivity contribution in [2.45, 2.75) is 98.1 Å². The van der Waals surface area contributed by atoms with Crippen molar-refractivity contribution in [1.82, 2.24) is 5.32 Å². The molecule has 1 heteroatoms. The molecule has 118 valence electrons. The Hall–Kier alpha value is -0.0400. The van der Waals surface area contributed by atoms with Gasteiger partial charge < -0.3 is 5.32 Å². The molecule has 0 aliphatic heterocycles. The van der Waals surface area contributed by atoms with Crippen LogP contribution < -0.4 is 5.32 Å². The molecule has 1 N–H and O–H groups in total. The minimum atomic E-state index is 0.502. The highest BCUT2D eigenvalue weighted by atomic mass is 15.0. The highest BCUT2D eigenvalue weighted by Gasteiger charge is 2.30. The fourth-order valence-corrected chi connectivity index (χ4v) is 4.55. The van der Waals surface area contributed by atoms with Crippen molar-refractivity contribution in [2.75, 3.05) is 0 Å². The van der Waals surface area contributed by atoms with Crippen molar-refractivity contribution in [3.63, 3.8) is 0 Å². The molecule has 2 saturated carbocycles. The van der Waals surface area contributed by atoms with Gasteiger partial charge in [0.1, 0.15) is 0 Å². The predicted octanol–water partition coefficient (Wildman–Crippen LogP) is 5.40. The van der Waals surface area contributed by atoms with Gasteiger partial charge in [0.05, 0.1) is 0 Å². The van der Waals surface area contributed by atoms with Crippen LogP contribution in [0.5, 0.6) is 0 Å². The number of nitrogens with one attached hydrogen (secondary N) is 1. The summed E-state index contributed by atoms with van der Waals surface area (Å²) in [5.74, 6) is 2.75. The van der Waals surface area contributed by atoms with Gasteiger partial charge in [0.2, 0.25) is 0 Å². The van der Waals surface area contributed by atoms with Gasteiger partial charge in [-0.05, 0) is 68.1 Å². The summed E-state index contributed by atoms with van der Waals surface area (Å²) < 4.78 is 0. The fourth-order valence-electron chi connectivity index (χ4n) is 4.55. The van der Waals surface area contributed by atoms with E-state index in [1.54, 1.807) is 0 Å². The monoisotopic (exact) mass is 279 g/mol. The Morgan fingerprint density at radius 3 is 2.25 bits per heavy atom. The lowest BCUT2D eigenvalue weighted by Crippen LogP contribution is -2.44. The Morgan fingerprint density at radius 1 is 0.850 bits per heavy atom. The Bertz CT molecular complexity index is 291. The summed E-state index contributed by atoms with van der Waals surface area (Å²) in [7, 11) is 0. The second kappa shape index (κ2) is 6.81. The van der Waals surface area contributed by atoms with Crippen LogP contribution in [0.15, 0.2) is 0 Å². The van der Waals surface area contributed by atoms with E-state index in [-0.39, 0.29) is 0 Å². The van der Waals surface area contributed by atoms with Crippen LogP contribution in [-0.4, -0.2) is 12.1 Å². The van der Waals surface area contributed by atoms with Gasteiger partial charge in [-0.15, -0.1) is 0 Å². The SMILES string of the molecule is CC1CCC(NC2CCCC(C(C)(C)C)CC2)C(C)C1. The minimum Gasteiger partial charge on any atom is -0.311 e. The van der Waals surface area contributed by atoms with Gasteiger partial charge in [-0.25, -0.2) is 0 Å². The summed E-state index contributed by atoms with van der Waals surface area (Å²) in [5, 5.41) is 4.04. The van der Waals surface area contributed by atoms with E-state index in [0.29, 0.717) is 5.41 Å². The van der Waals surface area contributed by atoms with E-state index in [1.165, 1.54) is 51.4 Å². The molecule has 2 fully saturated rings. The molecular weight excluding hydrogens is 242 g/mol. The fraction of sp³-hybridized carbons (Fsp3) is 1.00. The zero-order valence-electron chi connectivity index (χ0n) is 14.5. The average Bonchev–Trinajstić information content (AvgIpc) is 2.58. The predicted molar refractivity (Wildman–Crippen MR) is 88.9 cm³/mol. The summed E-state index contributed by atoms with van der Waals surface area (Å²) in [6, 6.07) is 1.59. The highest BCUT2D eigenvalue weighted by molar-refractivity contribution is 4.86. The van der Waals surface area contributed by atoms with Crippen molar-refractivity contribution in [2.24, 2.45) is 23.2 Å². The quantitative estimate of drug-likeness (QED) is 0.668. The maximum Gasteiger partial charge on any atom is 0.00954 e. The molecule has 0 radical (unpaired) electrons. The lowest BCUT2D eigenvalue weighted by atomic mass is 9.76. The van der Waals surface area contributed by atoms with E-state index in [4.69, 9.17) is 0 Å². The van der Waals surface area contributed by atoms with Crippen LogP contribution in [0.1, 0.15) is 86.0 Å². The van der Waals surface area contributed by atoms with Gasteiger partial charge in [-0.1, -0.05) is 41.0 Å². The van der Waals surface area contributed by atoms with E-state index < -0.39 is 0 Å². The summed E-state index contributed by atoms with van der Waals surface area (Å²) in [6.07, 6.45) is 11.4. The van der Waals surface area contributed by atoms with Crippen molar-refractivity contribution < 1.29 is 0 Å². The van der Waals surface area contributed by atoms with Gasteiger partial charge in [-0.3, -0.25) is 0 Å². The van der Waals surface area contributed by atoms with Crippen molar-refractivity contribution >= 4 is 0 Å². The van der Waals surface area contributed by atoms with Crippen molar-refractivity contribution in [3.05, 3.63) is 0 Å². The van der Waals surface area contributed by atoms with Gasteiger partial charge >= 0.3 is 0 Å². The van der Waals surface area contributed by atoms with E-state index in [0.717, 1.165) is 29.8 Å². The zero-order chi connectivity index (χ0) is 14.8. The van der Waals surface area contributed by atoms with Crippen molar-refractivity contribution in [1.29, 1.82) is 0 Å². The molecule has 2 aliphatic carbocycles. The van der Waals surface area contributed by atoms with Gasteiger partial charge in [0.25, 0.3) is 0 Å². The molecule has 0 amide bonds. The molecule has 1 nitrogen and oxygen atoms in total. The summed E-state index contributed by atoms with van der Waals surface area (Å²) >= 11 is 0. The molecule has 0 heterocycles. The van der Waals surface area contributed by atoms with E-state index in [2.05, 4.69) is 39.9 Å². The second-order valence-corrected chi connectivity index (χ2v) is 8.94. The lowest BCUT2D eigenvalue weighted by molar-refractivity contribution is 0.199. The summed E-state index contributed by atoms with van der Waals surface area (Å²) in [4.78, 5) is 0. The van der Waals surface area contributed by atoms with Gasteiger partial charge in [0, 0.05) is 12.1 Å². The normalized spacial score (nSPS) is 40.4. The lowest BCUT2D eigenvalue weighted by Gasteiger charge is -2.36. The van der Waals surface area contributed by atoms with Gasteiger partial charge in [-0.2, -0.15) is 0 Å². The van der Waals surface area contributed by atoms with E-state index in [1.807, 2.05) is 0 Å². The molecule has 20 heavy (non-hydrogen) atoms. The standard InChI is InChI=1S/C19H37N/c1-14-9-12-18(15(2)13-14)20-17-8-6-7-16(10-11-17)19(3,4)5/h14-18,20H,6-13H2,1-5H3. The van der Waals surface area contributed by atoms with Crippen LogP contribution in [0.3, 0.4) is 0 Å². The first-order chi connectivity index (χ1) is 9.36. The van der Waals surface area contributed by atoms with E-state index >= 15 is 0 Å². The smallest absolute Gasteiger partial charge is 0.00954 e. The largest absolute Gasteiger partial charge is 0.311 e. The minimum absolute atomic E-state index is 0.502. The molecule has 0 spiro atoms. The highest BCUT2D eigenvalue weighted by Crippen LogP contribution is 2.37. The van der Waals surface area contributed by atoms with Crippen LogP contribution in [0.2, 0.25) is 0 Å². The third-order valence-corrected chi connectivity index (χ3v) is 6.07. The Labute approximate surface area is 127 Å². The Morgan fingerprint density at radius 2 is 1.60 bits per heavy atom. The van der Waals surface area contributed by atoms with Crippen LogP contribution in [0.4, 0.5) is 0 Å². The van der Waals surface area contributed by atoms with Crippen LogP contribution in [-0.2, 0) is 0 Å². The summed E-state index contributed by atoms with van der Waals surface area (Å²) in [5.41, 5.74) is 0.502. The molecule has 0 aromatic rings. The third kappa shape index (κ3) is 4.48. The Balaban J connectivity index is 1.82. The number of rotatable bonds is 2. The maximum absolute atomic E-state index is 4.04. The van der Waals surface area contributed by atoms with Crippen molar-refractivity contribution in [3.8, 4) is 0 Å². The zero-order valence-corrected chi connectivity index (χ0v) is 14.5. The average molecular weight is 280 g/mol. The van der Waals surface area contributed by atoms with Crippen LogP contribution in [0, 0.1) is 23.2 Å². The van der Waals surface area contributed by atoms with E-state index in [9.17, 15) is 0 Å². The molecule has 0 aromatic carbocycles. The second-order valence-electron chi connectivity index (χ2n) is 8.94. The van der Waals surface area contributed by atoms with Crippen LogP contribution >= 0.6 is 0 Å². The Kier molecular flexibility index (Phi) is 5.56. The third-order valence-electron chi connectivity index (χ3n) is 6.07. The van der Waals surface area contributed by atoms with Crippen LogP contribution in [0.25, 0.3) is 0 Å². The topological polar surface area (TPSA) is 12.0 Å². The molecule has 0 aromatic heterocycles. The molecule has 2 rings (SSSR count). The molecule has 0 bridgehead atoms. The summed E-state index contributed by atoms with van der Waals surface area (Å²) in [6.45, 7) is 12.2. The molecule has 5 atom stereocenters. The molecule has 5 unspecified atom stereocenters. The molecular formula is C19H37N. The number of hydrogen-bond acceptors (Lipinski definition) is 1. The van der Waals surface area contributed by atoms with Gasteiger partial charge in [0.15, 0.2) is 0 Å². The molecule has 0 saturated heterocycles. The molecule has 2 aliphatic rings. The first-order valence-corrected chi connectivity index (χ1v) is 9.12. The maximum atomic E-state index is 4.04. The first kappa shape index (κ1) is 16.3.